The second-order valence-electron chi connectivity index (χ2n) is 9.46. The highest BCUT2D eigenvalue weighted by Crippen LogP contribution is 2.45. The van der Waals surface area contributed by atoms with Gasteiger partial charge in [-0.3, -0.25) is 0 Å². The Balaban J connectivity index is 1.72. The van der Waals surface area contributed by atoms with Crippen molar-refractivity contribution in [1.82, 2.24) is 14.3 Å². The van der Waals surface area contributed by atoms with Gasteiger partial charge < -0.3 is 4.90 Å². The number of thiophene rings is 1. The number of hydrogen-bond acceptors (Lipinski definition) is 6. The van der Waals surface area contributed by atoms with Crippen molar-refractivity contribution in [3.05, 3.63) is 16.3 Å². The van der Waals surface area contributed by atoms with Crippen LogP contribution in [0.1, 0.15) is 50.4 Å². The van der Waals surface area contributed by atoms with E-state index in [4.69, 9.17) is 9.97 Å². The molecule has 0 bridgehead atoms. The fourth-order valence-electron chi connectivity index (χ4n) is 4.56. The predicted molar refractivity (Wildman–Crippen MR) is 120 cm³/mol. The van der Waals surface area contributed by atoms with E-state index >= 15 is 0 Å². The van der Waals surface area contributed by atoms with Gasteiger partial charge in [0.2, 0.25) is 10.0 Å². The maximum Gasteiger partial charge on any atom is 0.211 e. The van der Waals surface area contributed by atoms with Gasteiger partial charge >= 0.3 is 0 Å². The summed E-state index contributed by atoms with van der Waals surface area (Å²) in [6.07, 6.45) is 5.52. The largest absolute Gasteiger partial charge is 0.353 e. The molecular formula is C21H32N4O2S2. The van der Waals surface area contributed by atoms with E-state index in [1.54, 1.807) is 4.31 Å². The Kier molecular flexibility index (Phi) is 5.40. The molecule has 8 heteroatoms. The van der Waals surface area contributed by atoms with E-state index in [-0.39, 0.29) is 0 Å². The summed E-state index contributed by atoms with van der Waals surface area (Å²) in [5.74, 6) is 2.60. The van der Waals surface area contributed by atoms with Crippen LogP contribution in [0.2, 0.25) is 0 Å². The molecule has 160 valence electrons. The molecule has 6 nitrogen and oxygen atoms in total. The zero-order valence-electron chi connectivity index (χ0n) is 18.2. The summed E-state index contributed by atoms with van der Waals surface area (Å²) in [5.41, 5.74) is 1.76. The number of aromatic nitrogens is 2. The van der Waals surface area contributed by atoms with Crippen LogP contribution in [-0.2, 0) is 29.3 Å². The molecule has 0 amide bonds. The lowest BCUT2D eigenvalue weighted by Crippen LogP contribution is -2.48. The van der Waals surface area contributed by atoms with Gasteiger partial charge in [0, 0.05) is 37.5 Å². The summed E-state index contributed by atoms with van der Waals surface area (Å²) >= 11 is 1.85. The van der Waals surface area contributed by atoms with Crippen LogP contribution in [0, 0.1) is 11.3 Å². The van der Waals surface area contributed by atoms with Crippen molar-refractivity contribution in [2.24, 2.45) is 11.3 Å². The lowest BCUT2D eigenvalue weighted by Gasteiger charge is -2.35. The molecule has 2 aromatic rings. The van der Waals surface area contributed by atoms with Crippen LogP contribution in [-0.4, -0.2) is 55.1 Å². The summed E-state index contributed by atoms with van der Waals surface area (Å²) in [5, 5.41) is 1.22. The minimum Gasteiger partial charge on any atom is -0.353 e. The van der Waals surface area contributed by atoms with Crippen molar-refractivity contribution in [2.45, 2.75) is 53.4 Å². The minimum absolute atomic E-state index is 0.318. The topological polar surface area (TPSA) is 66.4 Å². The Morgan fingerprint density at radius 2 is 1.83 bits per heavy atom. The lowest BCUT2D eigenvalue weighted by molar-refractivity contribution is 0.218. The first-order valence-corrected chi connectivity index (χ1v) is 13.3. The van der Waals surface area contributed by atoms with Crippen molar-refractivity contribution in [1.29, 1.82) is 0 Å². The molecule has 2 aliphatic rings. The Bertz CT molecular complexity index is 1020. The van der Waals surface area contributed by atoms with Gasteiger partial charge in [0.1, 0.15) is 16.5 Å². The lowest BCUT2D eigenvalue weighted by atomic mass is 9.72. The van der Waals surface area contributed by atoms with E-state index in [1.165, 1.54) is 28.5 Å². The third kappa shape index (κ3) is 4.03. The number of sulfonamides is 1. The summed E-state index contributed by atoms with van der Waals surface area (Å²) in [6.45, 7) is 11.5. The zero-order chi connectivity index (χ0) is 21.0. The second-order valence-corrected chi connectivity index (χ2v) is 12.5. The smallest absolute Gasteiger partial charge is 0.211 e. The fourth-order valence-corrected chi connectivity index (χ4v) is 6.70. The predicted octanol–water partition coefficient (Wildman–Crippen LogP) is 3.49. The summed E-state index contributed by atoms with van der Waals surface area (Å²) in [4.78, 5) is 14.7. The van der Waals surface area contributed by atoms with E-state index in [1.807, 2.05) is 11.3 Å². The molecule has 1 atom stereocenters. The molecule has 29 heavy (non-hydrogen) atoms. The average molecular weight is 437 g/mol. The summed E-state index contributed by atoms with van der Waals surface area (Å²) < 4.78 is 25.3. The van der Waals surface area contributed by atoms with Gasteiger partial charge in [-0.2, -0.15) is 4.31 Å². The van der Waals surface area contributed by atoms with Crippen molar-refractivity contribution >= 4 is 37.4 Å². The van der Waals surface area contributed by atoms with Gasteiger partial charge in [-0.25, -0.2) is 18.4 Å². The number of aryl methyl sites for hydroxylation is 2. The maximum atomic E-state index is 11.9. The number of anilines is 1. The van der Waals surface area contributed by atoms with E-state index in [2.05, 4.69) is 32.6 Å². The second kappa shape index (κ2) is 7.46. The standard InChI is InChI=1S/C21H32N4O2S2/c1-6-17-22-19(24-9-11-25(12-10-24)29(5,26)27)18-15-8-7-14(21(2,3)4)13-16(15)28-20(18)23-17/h14H,6-13H2,1-5H3. The quantitative estimate of drug-likeness (QED) is 0.737. The highest BCUT2D eigenvalue weighted by Gasteiger charge is 2.33. The molecule has 1 fully saturated rings. The maximum absolute atomic E-state index is 11.9. The van der Waals surface area contributed by atoms with Crippen molar-refractivity contribution in [2.75, 3.05) is 37.3 Å². The van der Waals surface area contributed by atoms with Gasteiger partial charge in [0.25, 0.3) is 0 Å². The molecule has 0 saturated carbocycles. The first kappa shape index (κ1) is 21.0. The van der Waals surface area contributed by atoms with Crippen LogP contribution >= 0.6 is 11.3 Å². The third-order valence-corrected chi connectivity index (χ3v) is 8.94. The zero-order valence-corrected chi connectivity index (χ0v) is 19.8. The molecule has 1 aliphatic heterocycles. The van der Waals surface area contributed by atoms with E-state index in [0.717, 1.165) is 35.7 Å². The molecule has 0 aromatic carbocycles. The number of nitrogens with zero attached hydrogens (tertiary/aromatic N) is 4. The van der Waals surface area contributed by atoms with E-state index in [9.17, 15) is 8.42 Å². The Hall–Kier alpha value is -1.25. The molecular weight excluding hydrogens is 404 g/mol. The summed E-state index contributed by atoms with van der Waals surface area (Å²) in [7, 11) is -3.13. The van der Waals surface area contributed by atoms with Crippen LogP contribution in [0.25, 0.3) is 10.2 Å². The minimum atomic E-state index is -3.13. The van der Waals surface area contributed by atoms with Crippen LogP contribution in [0.3, 0.4) is 0 Å². The Morgan fingerprint density at radius 3 is 2.41 bits per heavy atom. The SMILES string of the molecule is CCc1nc(N2CCN(S(C)(=O)=O)CC2)c2c3c(sc2n1)CC(C(C)(C)C)CC3. The molecule has 0 radical (unpaired) electrons. The van der Waals surface area contributed by atoms with Gasteiger partial charge in [0.05, 0.1) is 11.6 Å². The number of fused-ring (bicyclic) bond motifs is 3. The Morgan fingerprint density at radius 1 is 1.14 bits per heavy atom. The number of rotatable bonds is 3. The number of hydrogen-bond donors (Lipinski definition) is 0. The van der Waals surface area contributed by atoms with Crippen LogP contribution < -0.4 is 4.90 Å². The van der Waals surface area contributed by atoms with E-state index < -0.39 is 10.0 Å². The normalized spacial score (nSPS) is 21.6. The molecule has 1 unspecified atom stereocenters. The van der Waals surface area contributed by atoms with Gasteiger partial charge in [-0.05, 0) is 36.2 Å². The number of piperazine rings is 1. The van der Waals surface area contributed by atoms with Gasteiger partial charge in [-0.15, -0.1) is 11.3 Å². The molecule has 4 rings (SSSR count). The van der Waals surface area contributed by atoms with Crippen molar-refractivity contribution < 1.29 is 8.42 Å². The van der Waals surface area contributed by atoms with Crippen LogP contribution in [0.5, 0.6) is 0 Å². The van der Waals surface area contributed by atoms with Crippen LogP contribution in [0.4, 0.5) is 5.82 Å². The van der Waals surface area contributed by atoms with Gasteiger partial charge in [0.15, 0.2) is 0 Å². The summed E-state index contributed by atoms with van der Waals surface area (Å²) in [6, 6.07) is 0. The Labute approximate surface area is 178 Å². The molecule has 2 aromatic heterocycles. The first-order chi connectivity index (χ1) is 13.6. The average Bonchev–Trinajstić information content (AvgIpc) is 3.03. The third-order valence-electron chi connectivity index (χ3n) is 6.48. The van der Waals surface area contributed by atoms with Crippen LogP contribution in [0.15, 0.2) is 0 Å². The van der Waals surface area contributed by atoms with Gasteiger partial charge in [-0.1, -0.05) is 27.7 Å². The van der Waals surface area contributed by atoms with Crippen molar-refractivity contribution in [3.63, 3.8) is 0 Å². The molecule has 0 N–H and O–H groups in total. The first-order valence-electron chi connectivity index (χ1n) is 10.6. The molecule has 3 heterocycles. The highest BCUT2D eigenvalue weighted by molar-refractivity contribution is 7.88. The monoisotopic (exact) mass is 436 g/mol. The fraction of sp³-hybridized carbons (Fsp3) is 0.714. The molecule has 0 spiro atoms. The molecule has 1 saturated heterocycles. The molecule has 1 aliphatic carbocycles. The highest BCUT2D eigenvalue weighted by atomic mass is 32.2. The van der Waals surface area contributed by atoms with E-state index in [0.29, 0.717) is 37.5 Å². The van der Waals surface area contributed by atoms with Crippen molar-refractivity contribution in [3.8, 4) is 0 Å².